The van der Waals surface area contributed by atoms with Crippen LogP contribution in [0.4, 0.5) is 4.79 Å². The number of hydrogen-bond donors (Lipinski definition) is 2. The Hall–Kier alpha value is -1.82. The van der Waals surface area contributed by atoms with E-state index < -0.39 is 18.0 Å². The molecule has 1 heterocycles. The second-order valence-corrected chi connectivity index (χ2v) is 3.53. The van der Waals surface area contributed by atoms with Gasteiger partial charge in [-0.2, -0.15) is 0 Å². The van der Waals surface area contributed by atoms with Crippen LogP contribution in [-0.2, 0) is 4.79 Å². The van der Waals surface area contributed by atoms with Crippen molar-refractivity contribution in [3.05, 3.63) is 23.5 Å². The highest BCUT2D eigenvalue weighted by Gasteiger charge is 2.16. The van der Waals surface area contributed by atoms with Crippen molar-refractivity contribution in [2.75, 3.05) is 7.05 Å². The monoisotopic (exact) mass is 257 g/mol. The van der Waals surface area contributed by atoms with Gasteiger partial charge >= 0.3 is 6.03 Å². The Labute approximate surface area is 103 Å². The van der Waals surface area contributed by atoms with Crippen LogP contribution in [0.3, 0.4) is 0 Å². The zero-order valence-electron chi connectivity index (χ0n) is 9.36. The third-order valence-electron chi connectivity index (χ3n) is 1.85. The Morgan fingerprint density at radius 2 is 2.18 bits per heavy atom. The fourth-order valence-corrected chi connectivity index (χ4v) is 1.08. The number of hydrogen-bond acceptors (Lipinski definition) is 4. The number of rotatable bonds is 3. The van der Waals surface area contributed by atoms with Gasteiger partial charge in [-0.1, -0.05) is 11.6 Å². The fraction of sp³-hybridized carbons (Fsp3) is 0.300. The average molecular weight is 258 g/mol. The Kier molecular flexibility index (Phi) is 4.71. The third kappa shape index (κ3) is 4.28. The highest BCUT2D eigenvalue weighted by Crippen LogP contribution is 2.13. The molecule has 0 aromatic carbocycles. The molecule has 1 aromatic rings. The topological polar surface area (TPSA) is 80.3 Å². The quantitative estimate of drug-likeness (QED) is 0.791. The van der Waals surface area contributed by atoms with Crippen LogP contribution in [0.5, 0.6) is 5.75 Å². The molecule has 0 aliphatic heterocycles. The largest absolute Gasteiger partial charge is 0.479 e. The molecule has 3 amide bonds. The van der Waals surface area contributed by atoms with E-state index in [0.717, 1.165) is 0 Å². The Balaban J connectivity index is 2.54. The van der Waals surface area contributed by atoms with Crippen molar-refractivity contribution in [2.45, 2.75) is 13.0 Å². The molecule has 0 aliphatic rings. The van der Waals surface area contributed by atoms with Gasteiger partial charge in [0.1, 0.15) is 10.9 Å². The van der Waals surface area contributed by atoms with Crippen molar-refractivity contribution in [3.8, 4) is 5.75 Å². The number of carbonyl (C=O) groups is 2. The molecule has 0 fully saturated rings. The van der Waals surface area contributed by atoms with E-state index in [4.69, 9.17) is 16.3 Å². The van der Waals surface area contributed by atoms with Gasteiger partial charge in [-0.05, 0) is 19.1 Å². The van der Waals surface area contributed by atoms with Crippen molar-refractivity contribution in [1.29, 1.82) is 0 Å². The van der Waals surface area contributed by atoms with E-state index in [-0.39, 0.29) is 0 Å². The Morgan fingerprint density at radius 1 is 1.47 bits per heavy atom. The van der Waals surface area contributed by atoms with Gasteiger partial charge in [-0.3, -0.25) is 10.1 Å². The summed E-state index contributed by atoms with van der Waals surface area (Å²) in [6.45, 7) is 1.52. The minimum Gasteiger partial charge on any atom is -0.479 e. The first kappa shape index (κ1) is 13.2. The van der Waals surface area contributed by atoms with E-state index in [1.165, 1.54) is 20.2 Å². The highest BCUT2D eigenvalue weighted by atomic mass is 35.5. The number of aromatic nitrogens is 1. The number of pyridine rings is 1. The molecule has 0 spiro atoms. The molecule has 0 saturated heterocycles. The SMILES string of the molecule is CNC(=O)NC(=O)C(C)Oc1ccc(Cl)nc1. The first-order valence-corrected chi connectivity index (χ1v) is 5.21. The molecule has 1 unspecified atom stereocenters. The number of urea groups is 1. The summed E-state index contributed by atoms with van der Waals surface area (Å²) in [5, 5.41) is 4.70. The first-order chi connectivity index (χ1) is 8.02. The summed E-state index contributed by atoms with van der Waals surface area (Å²) < 4.78 is 5.26. The maximum atomic E-state index is 11.4. The number of nitrogens with one attached hydrogen (secondary N) is 2. The molecular formula is C10H12ClN3O3. The molecule has 6 nitrogen and oxygen atoms in total. The van der Waals surface area contributed by atoms with Gasteiger partial charge in [0.25, 0.3) is 5.91 Å². The smallest absolute Gasteiger partial charge is 0.321 e. The highest BCUT2D eigenvalue weighted by molar-refractivity contribution is 6.29. The molecule has 0 bridgehead atoms. The minimum absolute atomic E-state index is 0.333. The number of amides is 3. The third-order valence-corrected chi connectivity index (χ3v) is 2.07. The van der Waals surface area contributed by atoms with E-state index in [9.17, 15) is 9.59 Å². The van der Waals surface area contributed by atoms with Gasteiger partial charge in [0.05, 0.1) is 6.20 Å². The lowest BCUT2D eigenvalue weighted by atomic mass is 10.3. The molecule has 92 valence electrons. The van der Waals surface area contributed by atoms with Gasteiger partial charge < -0.3 is 10.1 Å². The lowest BCUT2D eigenvalue weighted by Gasteiger charge is -2.13. The predicted octanol–water partition coefficient (Wildman–Crippen LogP) is 0.958. The first-order valence-electron chi connectivity index (χ1n) is 4.83. The Morgan fingerprint density at radius 3 is 2.71 bits per heavy atom. The summed E-state index contributed by atoms with van der Waals surface area (Å²) >= 11 is 5.60. The molecule has 0 saturated carbocycles. The zero-order valence-corrected chi connectivity index (χ0v) is 10.1. The van der Waals surface area contributed by atoms with E-state index >= 15 is 0 Å². The molecule has 1 aromatic heterocycles. The number of carbonyl (C=O) groups excluding carboxylic acids is 2. The molecular weight excluding hydrogens is 246 g/mol. The molecule has 1 atom stereocenters. The summed E-state index contributed by atoms with van der Waals surface area (Å²) in [6.07, 6.45) is 0.585. The van der Waals surface area contributed by atoms with E-state index in [1.54, 1.807) is 12.1 Å². The molecule has 17 heavy (non-hydrogen) atoms. The standard InChI is InChI=1S/C10H12ClN3O3/c1-6(9(15)14-10(16)12-2)17-7-3-4-8(11)13-5-7/h3-6H,1-2H3,(H2,12,14,15,16). The van der Waals surface area contributed by atoms with Crippen LogP contribution in [0.25, 0.3) is 0 Å². The lowest BCUT2D eigenvalue weighted by Crippen LogP contribution is -2.43. The number of ether oxygens (including phenoxy) is 1. The molecule has 0 aliphatic carbocycles. The van der Waals surface area contributed by atoms with Crippen LogP contribution < -0.4 is 15.4 Å². The maximum absolute atomic E-state index is 11.4. The second-order valence-electron chi connectivity index (χ2n) is 3.15. The lowest BCUT2D eigenvalue weighted by molar-refractivity contribution is -0.126. The summed E-state index contributed by atoms with van der Waals surface area (Å²) in [4.78, 5) is 26.1. The zero-order chi connectivity index (χ0) is 12.8. The number of halogens is 1. The summed E-state index contributed by atoms with van der Waals surface area (Å²) in [5.41, 5.74) is 0. The summed E-state index contributed by atoms with van der Waals surface area (Å²) in [5.74, 6) is -0.145. The van der Waals surface area contributed by atoms with E-state index in [1.807, 2.05) is 0 Å². The van der Waals surface area contributed by atoms with Crippen LogP contribution in [0.2, 0.25) is 5.15 Å². The average Bonchev–Trinajstić information content (AvgIpc) is 2.31. The Bertz CT molecular complexity index is 408. The van der Waals surface area contributed by atoms with E-state index in [0.29, 0.717) is 10.9 Å². The van der Waals surface area contributed by atoms with E-state index in [2.05, 4.69) is 15.6 Å². The van der Waals surface area contributed by atoms with Gasteiger partial charge in [0.2, 0.25) is 0 Å². The van der Waals surface area contributed by atoms with Crippen molar-refractivity contribution >= 4 is 23.5 Å². The maximum Gasteiger partial charge on any atom is 0.321 e. The van der Waals surface area contributed by atoms with Gasteiger partial charge in [0, 0.05) is 7.05 Å². The van der Waals surface area contributed by atoms with Gasteiger partial charge in [-0.15, -0.1) is 0 Å². The molecule has 1 rings (SSSR count). The van der Waals surface area contributed by atoms with Crippen molar-refractivity contribution in [3.63, 3.8) is 0 Å². The number of imide groups is 1. The fourth-order valence-electron chi connectivity index (χ4n) is 0.966. The van der Waals surface area contributed by atoms with Crippen LogP contribution in [0.15, 0.2) is 18.3 Å². The number of nitrogens with zero attached hydrogens (tertiary/aromatic N) is 1. The van der Waals surface area contributed by atoms with Gasteiger partial charge in [-0.25, -0.2) is 9.78 Å². The van der Waals surface area contributed by atoms with Crippen LogP contribution in [0.1, 0.15) is 6.92 Å². The predicted molar refractivity (Wildman–Crippen MR) is 61.9 cm³/mol. The van der Waals surface area contributed by atoms with Crippen molar-refractivity contribution in [2.24, 2.45) is 0 Å². The van der Waals surface area contributed by atoms with Crippen molar-refractivity contribution < 1.29 is 14.3 Å². The normalized spacial score (nSPS) is 11.5. The molecule has 0 radical (unpaired) electrons. The second kappa shape index (κ2) is 6.05. The van der Waals surface area contributed by atoms with Crippen molar-refractivity contribution in [1.82, 2.24) is 15.6 Å². The molecule has 7 heteroatoms. The minimum atomic E-state index is -0.810. The summed E-state index contributed by atoms with van der Waals surface area (Å²) in [6, 6.07) is 2.54. The summed E-state index contributed by atoms with van der Waals surface area (Å²) in [7, 11) is 1.41. The van der Waals surface area contributed by atoms with Crippen LogP contribution in [0, 0.1) is 0 Å². The molecule has 2 N–H and O–H groups in total. The van der Waals surface area contributed by atoms with Crippen LogP contribution in [-0.4, -0.2) is 30.1 Å². The van der Waals surface area contributed by atoms with Gasteiger partial charge in [0.15, 0.2) is 6.10 Å². The van der Waals surface area contributed by atoms with Crippen LogP contribution >= 0.6 is 11.6 Å².